The van der Waals surface area contributed by atoms with E-state index in [0.717, 1.165) is 36.7 Å². The fraction of sp³-hybridized carbons (Fsp3) is 0.632. The highest BCUT2D eigenvalue weighted by Crippen LogP contribution is 2.26. The van der Waals surface area contributed by atoms with Gasteiger partial charge in [-0.1, -0.05) is 0 Å². The molecule has 1 aliphatic heterocycles. The molecule has 0 bridgehead atoms. The molecule has 2 atom stereocenters. The van der Waals surface area contributed by atoms with Crippen LogP contribution < -0.4 is 10.9 Å². The third kappa shape index (κ3) is 5.68. The molecular formula is C19H27F2N3O4. The van der Waals surface area contributed by atoms with Gasteiger partial charge in [-0.3, -0.25) is 14.5 Å². The lowest BCUT2D eigenvalue weighted by atomic mass is 10.1. The van der Waals surface area contributed by atoms with E-state index in [-0.39, 0.29) is 30.9 Å². The van der Waals surface area contributed by atoms with Gasteiger partial charge in [0, 0.05) is 33.1 Å². The number of hydrogen-bond acceptors (Lipinski definition) is 5. The van der Waals surface area contributed by atoms with Crippen molar-refractivity contribution < 1.29 is 23.1 Å². The van der Waals surface area contributed by atoms with Gasteiger partial charge in [-0.25, -0.2) is 8.78 Å². The van der Waals surface area contributed by atoms with Crippen LogP contribution >= 0.6 is 0 Å². The maximum absolute atomic E-state index is 14.0. The number of nitrogens with one attached hydrogen (secondary N) is 1. The van der Waals surface area contributed by atoms with E-state index in [0.29, 0.717) is 19.3 Å². The molecule has 1 aromatic rings. The van der Waals surface area contributed by atoms with Gasteiger partial charge in [-0.2, -0.15) is 0 Å². The Hall–Kier alpha value is -2.13. The van der Waals surface area contributed by atoms with Crippen molar-refractivity contribution in [3.63, 3.8) is 0 Å². The number of morpholine rings is 1. The molecule has 1 N–H and O–H groups in total. The highest BCUT2D eigenvalue weighted by atomic mass is 19.3. The first-order chi connectivity index (χ1) is 13.1. The molecule has 0 aromatic carbocycles. The van der Waals surface area contributed by atoms with Gasteiger partial charge in [0.1, 0.15) is 11.8 Å². The minimum Gasteiger partial charge on any atom is -0.373 e. The van der Waals surface area contributed by atoms with E-state index in [9.17, 15) is 23.2 Å². The molecule has 2 rings (SSSR count). The van der Waals surface area contributed by atoms with Gasteiger partial charge in [0.25, 0.3) is 17.4 Å². The zero-order valence-corrected chi connectivity index (χ0v) is 16.4. The number of aldehydes is 1. The summed E-state index contributed by atoms with van der Waals surface area (Å²) in [6.07, 6.45) is 1.13. The molecule has 156 valence electrons. The molecule has 0 spiro atoms. The predicted molar refractivity (Wildman–Crippen MR) is 99.7 cm³/mol. The molecule has 0 aliphatic carbocycles. The third-order valence-electron chi connectivity index (χ3n) is 4.57. The van der Waals surface area contributed by atoms with E-state index in [4.69, 9.17) is 4.74 Å². The SMILES string of the molecule is C[C@@H]1CN(CCCn2c(C(C)(F)F)ccc(C(=O)NCC=O)c2=O)C[C@H](C)O1. The van der Waals surface area contributed by atoms with Crippen molar-refractivity contribution in [2.75, 3.05) is 26.2 Å². The molecule has 1 saturated heterocycles. The number of nitrogens with zero attached hydrogens (tertiary/aromatic N) is 2. The number of pyridine rings is 1. The minimum absolute atomic E-state index is 0.0620. The molecular weight excluding hydrogens is 372 g/mol. The third-order valence-corrected chi connectivity index (χ3v) is 4.57. The van der Waals surface area contributed by atoms with Crippen molar-refractivity contribution in [1.82, 2.24) is 14.8 Å². The lowest BCUT2D eigenvalue weighted by Gasteiger charge is -2.35. The van der Waals surface area contributed by atoms with Crippen molar-refractivity contribution in [3.05, 3.63) is 33.7 Å². The Morgan fingerprint density at radius 1 is 1.29 bits per heavy atom. The molecule has 0 unspecified atom stereocenters. The summed E-state index contributed by atoms with van der Waals surface area (Å²) in [6.45, 7) is 6.59. The second-order valence-corrected chi connectivity index (χ2v) is 7.22. The average Bonchev–Trinajstić information content (AvgIpc) is 2.59. The molecule has 0 saturated carbocycles. The quantitative estimate of drug-likeness (QED) is 0.668. The maximum atomic E-state index is 14.0. The molecule has 1 amide bonds. The van der Waals surface area contributed by atoms with Crippen molar-refractivity contribution in [2.24, 2.45) is 0 Å². The first-order valence-electron chi connectivity index (χ1n) is 9.35. The molecule has 2 heterocycles. The van der Waals surface area contributed by atoms with Crippen LogP contribution in [0.15, 0.2) is 16.9 Å². The molecule has 1 aromatic heterocycles. The van der Waals surface area contributed by atoms with E-state index in [1.54, 1.807) is 0 Å². The molecule has 1 aliphatic rings. The molecule has 9 heteroatoms. The smallest absolute Gasteiger partial charge is 0.285 e. The van der Waals surface area contributed by atoms with Gasteiger partial charge in [-0.15, -0.1) is 0 Å². The van der Waals surface area contributed by atoms with Crippen LogP contribution in [0.5, 0.6) is 0 Å². The normalized spacial score (nSPS) is 20.8. The number of aromatic nitrogens is 1. The molecule has 0 radical (unpaired) electrons. The molecule has 1 fully saturated rings. The molecule has 28 heavy (non-hydrogen) atoms. The lowest BCUT2D eigenvalue weighted by Crippen LogP contribution is -2.46. The highest BCUT2D eigenvalue weighted by Gasteiger charge is 2.30. The van der Waals surface area contributed by atoms with Gasteiger partial charge < -0.3 is 19.4 Å². The summed E-state index contributed by atoms with van der Waals surface area (Å²) in [7, 11) is 0. The number of hydrogen-bond donors (Lipinski definition) is 1. The van der Waals surface area contributed by atoms with Gasteiger partial charge in [0.2, 0.25) is 0 Å². The first kappa shape index (κ1) is 22.2. The number of alkyl halides is 2. The van der Waals surface area contributed by atoms with E-state index in [2.05, 4.69) is 10.2 Å². The summed E-state index contributed by atoms with van der Waals surface area (Å²) in [5.41, 5.74) is -1.48. The monoisotopic (exact) mass is 399 g/mol. The lowest BCUT2D eigenvalue weighted by molar-refractivity contribution is -0.107. The average molecular weight is 399 g/mol. The Morgan fingerprint density at radius 2 is 1.93 bits per heavy atom. The zero-order valence-electron chi connectivity index (χ0n) is 16.4. The Balaban J connectivity index is 2.18. The summed E-state index contributed by atoms with van der Waals surface area (Å²) in [6, 6.07) is 2.17. The highest BCUT2D eigenvalue weighted by molar-refractivity contribution is 5.94. The second kappa shape index (κ2) is 9.38. The van der Waals surface area contributed by atoms with E-state index in [1.165, 1.54) is 0 Å². The fourth-order valence-electron chi connectivity index (χ4n) is 3.51. The second-order valence-electron chi connectivity index (χ2n) is 7.22. The zero-order chi connectivity index (χ0) is 20.9. The van der Waals surface area contributed by atoms with Crippen LogP contribution in [0.3, 0.4) is 0 Å². The summed E-state index contributed by atoms with van der Waals surface area (Å²) in [5, 5.41) is 2.26. The van der Waals surface area contributed by atoms with Crippen LogP contribution in [0.4, 0.5) is 8.78 Å². The van der Waals surface area contributed by atoms with Crippen molar-refractivity contribution in [1.29, 1.82) is 0 Å². The van der Waals surface area contributed by atoms with Crippen LogP contribution in [0.25, 0.3) is 0 Å². The Labute approximate surface area is 162 Å². The summed E-state index contributed by atoms with van der Waals surface area (Å²) < 4.78 is 34.6. The van der Waals surface area contributed by atoms with E-state index in [1.807, 2.05) is 13.8 Å². The van der Waals surface area contributed by atoms with Crippen LogP contribution in [0.1, 0.15) is 43.2 Å². The number of carbonyl (C=O) groups excluding carboxylic acids is 2. The van der Waals surface area contributed by atoms with Crippen molar-refractivity contribution >= 4 is 12.2 Å². The van der Waals surface area contributed by atoms with Gasteiger partial charge in [-0.05, 0) is 32.4 Å². The number of ether oxygens (including phenoxy) is 1. The van der Waals surface area contributed by atoms with Crippen molar-refractivity contribution in [3.8, 4) is 0 Å². The van der Waals surface area contributed by atoms with E-state index < -0.39 is 23.1 Å². The summed E-state index contributed by atoms with van der Waals surface area (Å²) in [5.74, 6) is -3.98. The van der Waals surface area contributed by atoms with Crippen LogP contribution in [-0.2, 0) is 22.0 Å². The Morgan fingerprint density at radius 3 is 2.50 bits per heavy atom. The Bertz CT molecular complexity index is 751. The summed E-state index contributed by atoms with van der Waals surface area (Å²) >= 11 is 0. The van der Waals surface area contributed by atoms with Crippen molar-refractivity contribution in [2.45, 2.75) is 51.9 Å². The maximum Gasteiger partial charge on any atom is 0.285 e. The Kier molecular flexibility index (Phi) is 7.42. The first-order valence-corrected chi connectivity index (χ1v) is 9.35. The molecule has 7 nitrogen and oxygen atoms in total. The topological polar surface area (TPSA) is 80.6 Å². The number of amides is 1. The fourth-order valence-corrected chi connectivity index (χ4v) is 3.51. The minimum atomic E-state index is -3.22. The van der Waals surface area contributed by atoms with Gasteiger partial charge in [0.05, 0.1) is 24.4 Å². The number of halogens is 2. The van der Waals surface area contributed by atoms with Crippen LogP contribution in [-0.4, -0.2) is 60.0 Å². The predicted octanol–water partition coefficient (Wildman–Crippen LogP) is 1.39. The van der Waals surface area contributed by atoms with Crippen LogP contribution in [0.2, 0.25) is 0 Å². The summed E-state index contributed by atoms with van der Waals surface area (Å²) in [4.78, 5) is 37.3. The van der Waals surface area contributed by atoms with E-state index >= 15 is 0 Å². The number of carbonyl (C=O) groups is 2. The largest absolute Gasteiger partial charge is 0.373 e. The van der Waals surface area contributed by atoms with Crippen LogP contribution in [0, 0.1) is 0 Å². The van der Waals surface area contributed by atoms with Gasteiger partial charge >= 0.3 is 0 Å². The number of rotatable bonds is 8. The van der Waals surface area contributed by atoms with Gasteiger partial charge in [0.15, 0.2) is 0 Å². The standard InChI is InChI=1S/C19H27F2N3O4/c1-13-11-23(12-14(2)28-13)8-4-9-24-16(19(3,20)21)6-5-15(18(24)27)17(26)22-7-10-25/h5-6,10,13-14H,4,7-9,11-12H2,1-3H3,(H,22,26)/t13-,14+.